The Labute approximate surface area is 123 Å². The Balaban J connectivity index is 2.19. The smallest absolute Gasteiger partial charge is 0.426 e. The fourth-order valence-corrected chi connectivity index (χ4v) is 1.44. The molecule has 0 spiro atoms. The molecule has 1 aromatic carbocycles. The van der Waals surface area contributed by atoms with E-state index in [4.69, 9.17) is 9.84 Å². The molecular weight excluding hydrogens is 274 g/mol. The number of hydrazine groups is 1. The highest BCUT2D eigenvalue weighted by Gasteiger charge is 2.16. The van der Waals surface area contributed by atoms with E-state index in [-0.39, 0.29) is 5.75 Å². The molecule has 3 amide bonds. The second-order valence-corrected chi connectivity index (χ2v) is 5.42. The lowest BCUT2D eigenvalue weighted by Gasteiger charge is -2.19. The first-order valence-electron chi connectivity index (χ1n) is 6.57. The number of amides is 3. The van der Waals surface area contributed by atoms with Gasteiger partial charge < -0.3 is 15.2 Å². The number of carbonyl (C=O) groups excluding carboxylic acids is 2. The van der Waals surface area contributed by atoms with E-state index in [9.17, 15) is 9.59 Å². The summed E-state index contributed by atoms with van der Waals surface area (Å²) in [5.74, 6) is 0.200. The highest BCUT2D eigenvalue weighted by Crippen LogP contribution is 2.09. The van der Waals surface area contributed by atoms with Crippen LogP contribution in [0.3, 0.4) is 0 Å². The van der Waals surface area contributed by atoms with Crippen LogP contribution in [0, 0.1) is 0 Å². The number of rotatable bonds is 3. The van der Waals surface area contributed by atoms with Crippen LogP contribution in [0.5, 0.6) is 5.75 Å². The van der Waals surface area contributed by atoms with Crippen molar-refractivity contribution in [3.05, 3.63) is 29.8 Å². The molecule has 0 saturated carbocycles. The third-order valence-electron chi connectivity index (χ3n) is 2.31. The van der Waals surface area contributed by atoms with E-state index in [1.165, 1.54) is 0 Å². The van der Waals surface area contributed by atoms with Crippen molar-refractivity contribution in [2.45, 2.75) is 32.8 Å². The highest BCUT2D eigenvalue weighted by molar-refractivity contribution is 5.77. The number of carbonyl (C=O) groups is 2. The summed E-state index contributed by atoms with van der Waals surface area (Å²) in [5, 5.41) is 11.7. The fourth-order valence-electron chi connectivity index (χ4n) is 1.44. The zero-order chi connectivity index (χ0) is 15.9. The first-order chi connectivity index (χ1) is 9.76. The molecule has 7 heteroatoms. The average Bonchev–Trinajstić information content (AvgIpc) is 2.37. The number of urea groups is 1. The summed E-state index contributed by atoms with van der Waals surface area (Å²) in [6, 6.07) is 6.18. The van der Waals surface area contributed by atoms with Gasteiger partial charge in [0.2, 0.25) is 0 Å². The van der Waals surface area contributed by atoms with Gasteiger partial charge in [-0.15, -0.1) is 0 Å². The third kappa shape index (κ3) is 7.66. The van der Waals surface area contributed by atoms with Crippen molar-refractivity contribution in [3.63, 3.8) is 0 Å². The third-order valence-corrected chi connectivity index (χ3v) is 2.31. The molecule has 0 radical (unpaired) electrons. The van der Waals surface area contributed by atoms with Gasteiger partial charge in [0.05, 0.1) is 0 Å². The number of phenolic OH excluding ortho intramolecular Hbond substituents is 1. The van der Waals surface area contributed by atoms with Crippen molar-refractivity contribution in [3.8, 4) is 5.75 Å². The number of ether oxygens (including phenoxy) is 1. The predicted molar refractivity (Wildman–Crippen MR) is 77.7 cm³/mol. The average molecular weight is 295 g/mol. The lowest BCUT2D eigenvalue weighted by atomic mass is 10.1. The van der Waals surface area contributed by atoms with Crippen LogP contribution in [0.1, 0.15) is 26.3 Å². The number of hydrogen-bond acceptors (Lipinski definition) is 4. The standard InChI is InChI=1S/C14H21N3O4/c1-14(2,3)21-13(20)17-16-12(19)15-9-8-10-4-6-11(18)7-5-10/h4-7,18H,8-9H2,1-3H3,(H,17,20)(H2,15,16,19). The minimum Gasteiger partial charge on any atom is -0.508 e. The van der Waals surface area contributed by atoms with E-state index in [1.54, 1.807) is 45.0 Å². The first kappa shape index (κ1) is 16.6. The highest BCUT2D eigenvalue weighted by atomic mass is 16.6. The van der Waals surface area contributed by atoms with Crippen molar-refractivity contribution in [1.29, 1.82) is 0 Å². The molecule has 116 valence electrons. The monoisotopic (exact) mass is 295 g/mol. The van der Waals surface area contributed by atoms with Gasteiger partial charge in [0, 0.05) is 6.54 Å². The number of aromatic hydroxyl groups is 1. The van der Waals surface area contributed by atoms with Gasteiger partial charge in [-0.25, -0.2) is 20.4 Å². The van der Waals surface area contributed by atoms with Gasteiger partial charge in [-0.05, 0) is 44.9 Å². The number of hydrogen-bond donors (Lipinski definition) is 4. The van der Waals surface area contributed by atoms with Crippen LogP contribution in [0.4, 0.5) is 9.59 Å². The van der Waals surface area contributed by atoms with Crippen LogP contribution in [0.15, 0.2) is 24.3 Å². The van der Waals surface area contributed by atoms with Crippen LogP contribution in [0.25, 0.3) is 0 Å². The van der Waals surface area contributed by atoms with E-state index in [2.05, 4.69) is 16.2 Å². The molecule has 0 fully saturated rings. The zero-order valence-electron chi connectivity index (χ0n) is 12.4. The first-order valence-corrected chi connectivity index (χ1v) is 6.57. The summed E-state index contributed by atoms with van der Waals surface area (Å²) in [7, 11) is 0. The molecule has 0 aromatic heterocycles. The van der Waals surface area contributed by atoms with Crippen molar-refractivity contribution < 1.29 is 19.4 Å². The lowest BCUT2D eigenvalue weighted by molar-refractivity contribution is 0.0505. The van der Waals surface area contributed by atoms with Gasteiger partial charge in [0.15, 0.2) is 0 Å². The summed E-state index contributed by atoms with van der Waals surface area (Å²) >= 11 is 0. The van der Waals surface area contributed by atoms with Gasteiger partial charge in [-0.3, -0.25) is 0 Å². The maximum Gasteiger partial charge on any atom is 0.426 e. The second kappa shape index (κ2) is 7.37. The maximum absolute atomic E-state index is 11.4. The molecule has 0 bridgehead atoms. The molecular formula is C14H21N3O4. The van der Waals surface area contributed by atoms with Gasteiger partial charge in [-0.2, -0.15) is 0 Å². The summed E-state index contributed by atoms with van der Waals surface area (Å²) in [6.45, 7) is 5.57. The van der Waals surface area contributed by atoms with Crippen LogP contribution < -0.4 is 16.2 Å². The van der Waals surface area contributed by atoms with Crippen LogP contribution in [0.2, 0.25) is 0 Å². The molecule has 0 heterocycles. The number of benzene rings is 1. The van der Waals surface area contributed by atoms with Crippen molar-refractivity contribution in [2.24, 2.45) is 0 Å². The Morgan fingerprint density at radius 1 is 1.14 bits per heavy atom. The molecule has 0 aliphatic heterocycles. The molecule has 21 heavy (non-hydrogen) atoms. The topological polar surface area (TPSA) is 99.7 Å². The molecule has 4 N–H and O–H groups in total. The Morgan fingerprint density at radius 2 is 1.76 bits per heavy atom. The van der Waals surface area contributed by atoms with Gasteiger partial charge in [0.1, 0.15) is 11.4 Å². The van der Waals surface area contributed by atoms with E-state index in [1.807, 2.05) is 0 Å². The molecule has 7 nitrogen and oxygen atoms in total. The van der Waals surface area contributed by atoms with E-state index >= 15 is 0 Å². The Morgan fingerprint density at radius 3 is 2.33 bits per heavy atom. The number of phenols is 1. The Hall–Kier alpha value is -2.44. The van der Waals surface area contributed by atoms with Gasteiger partial charge in [-0.1, -0.05) is 12.1 Å². The molecule has 0 saturated heterocycles. The van der Waals surface area contributed by atoms with Gasteiger partial charge >= 0.3 is 12.1 Å². The lowest BCUT2D eigenvalue weighted by Crippen LogP contribution is -2.48. The van der Waals surface area contributed by atoms with Crippen molar-refractivity contribution >= 4 is 12.1 Å². The quantitative estimate of drug-likeness (QED) is 0.637. The summed E-state index contributed by atoms with van der Waals surface area (Å²) in [4.78, 5) is 22.7. The zero-order valence-corrected chi connectivity index (χ0v) is 12.4. The predicted octanol–water partition coefficient (Wildman–Crippen LogP) is 1.67. The molecule has 1 rings (SSSR count). The van der Waals surface area contributed by atoms with Crippen molar-refractivity contribution in [1.82, 2.24) is 16.2 Å². The molecule has 0 unspecified atom stereocenters. The SMILES string of the molecule is CC(C)(C)OC(=O)NNC(=O)NCCc1ccc(O)cc1. The van der Waals surface area contributed by atoms with E-state index < -0.39 is 17.7 Å². The van der Waals surface area contributed by atoms with Crippen molar-refractivity contribution in [2.75, 3.05) is 6.54 Å². The summed E-state index contributed by atoms with van der Waals surface area (Å²) in [5.41, 5.74) is 4.68. The largest absolute Gasteiger partial charge is 0.508 e. The van der Waals surface area contributed by atoms with Crippen LogP contribution in [-0.2, 0) is 11.2 Å². The molecule has 0 atom stereocenters. The fraction of sp³-hybridized carbons (Fsp3) is 0.429. The van der Waals surface area contributed by atoms with Crippen LogP contribution >= 0.6 is 0 Å². The Bertz CT molecular complexity index is 480. The van der Waals surface area contributed by atoms with Gasteiger partial charge in [0.25, 0.3) is 0 Å². The second-order valence-electron chi connectivity index (χ2n) is 5.42. The normalized spacial score (nSPS) is 10.6. The van der Waals surface area contributed by atoms with E-state index in [0.717, 1.165) is 5.56 Å². The molecule has 0 aliphatic carbocycles. The summed E-state index contributed by atoms with van der Waals surface area (Å²) < 4.78 is 4.96. The molecule has 0 aliphatic rings. The Kier molecular flexibility index (Phi) is 5.83. The number of nitrogens with one attached hydrogen (secondary N) is 3. The minimum atomic E-state index is -0.726. The molecule has 1 aromatic rings. The van der Waals surface area contributed by atoms with E-state index in [0.29, 0.717) is 13.0 Å². The summed E-state index contributed by atoms with van der Waals surface area (Å²) in [6.07, 6.45) is -0.115. The minimum absolute atomic E-state index is 0.200. The van der Waals surface area contributed by atoms with Crippen LogP contribution in [-0.4, -0.2) is 29.4 Å². The maximum atomic E-state index is 11.4.